The molecule has 1 aliphatic carbocycles. The highest BCUT2D eigenvalue weighted by Gasteiger charge is 2.33. The van der Waals surface area contributed by atoms with Crippen molar-refractivity contribution in [3.05, 3.63) is 28.2 Å². The van der Waals surface area contributed by atoms with Gasteiger partial charge in [0.15, 0.2) is 0 Å². The van der Waals surface area contributed by atoms with Gasteiger partial charge in [-0.3, -0.25) is 0 Å². The molecule has 0 atom stereocenters. The zero-order valence-corrected chi connectivity index (χ0v) is 14.6. The number of nitrogens with one attached hydrogen (secondary N) is 1. The van der Waals surface area contributed by atoms with E-state index in [2.05, 4.69) is 34.2 Å². The second-order valence-electron chi connectivity index (χ2n) is 6.09. The zero-order valence-electron chi connectivity index (χ0n) is 13.0. The summed E-state index contributed by atoms with van der Waals surface area (Å²) >= 11 is 3.50. The Balaban J connectivity index is 1.98. The van der Waals surface area contributed by atoms with Crippen LogP contribution in [0.3, 0.4) is 0 Å². The fourth-order valence-electron chi connectivity index (χ4n) is 3.12. The molecule has 21 heavy (non-hydrogen) atoms. The molecule has 4 heteroatoms. The van der Waals surface area contributed by atoms with Crippen molar-refractivity contribution in [1.29, 1.82) is 0 Å². The van der Waals surface area contributed by atoms with Crippen LogP contribution in [0.15, 0.2) is 22.7 Å². The predicted molar refractivity (Wildman–Crippen MR) is 89.9 cm³/mol. The van der Waals surface area contributed by atoms with Gasteiger partial charge in [-0.25, -0.2) is 0 Å². The second-order valence-corrected chi connectivity index (χ2v) is 7.00. The van der Waals surface area contributed by atoms with Crippen LogP contribution < -0.4 is 10.1 Å². The Labute approximate surface area is 136 Å². The molecule has 2 rings (SSSR count). The Morgan fingerprint density at radius 1 is 1.38 bits per heavy atom. The van der Waals surface area contributed by atoms with Gasteiger partial charge < -0.3 is 15.2 Å². The molecule has 1 aliphatic rings. The van der Waals surface area contributed by atoms with Crippen molar-refractivity contribution in [2.45, 2.75) is 57.1 Å². The summed E-state index contributed by atoms with van der Waals surface area (Å²) in [4.78, 5) is 0. The summed E-state index contributed by atoms with van der Waals surface area (Å²) in [5.74, 6) is 0.859. The first-order chi connectivity index (χ1) is 10.1. The maximum absolute atomic E-state index is 10.9. The van der Waals surface area contributed by atoms with Crippen molar-refractivity contribution in [3.63, 3.8) is 0 Å². The molecule has 0 heterocycles. The molecule has 3 nitrogen and oxygen atoms in total. The maximum atomic E-state index is 10.9. The van der Waals surface area contributed by atoms with E-state index in [4.69, 9.17) is 4.74 Å². The Kier molecular flexibility index (Phi) is 6.08. The summed E-state index contributed by atoms with van der Waals surface area (Å²) in [6.07, 6.45) is 5.62. The average molecular weight is 356 g/mol. The van der Waals surface area contributed by atoms with Gasteiger partial charge in [0.25, 0.3) is 0 Å². The molecule has 0 radical (unpaired) electrons. The van der Waals surface area contributed by atoms with Gasteiger partial charge in [-0.15, -0.1) is 0 Å². The minimum atomic E-state index is -0.599. The van der Waals surface area contributed by atoms with Crippen LogP contribution in [-0.4, -0.2) is 30.4 Å². The number of halogens is 1. The molecule has 0 unspecified atom stereocenters. The molecule has 0 spiro atoms. The number of benzene rings is 1. The highest BCUT2D eigenvalue weighted by molar-refractivity contribution is 9.10. The molecular formula is C17H26BrNO2. The van der Waals surface area contributed by atoms with E-state index in [1.165, 1.54) is 0 Å². The van der Waals surface area contributed by atoms with Crippen LogP contribution in [0, 0.1) is 0 Å². The van der Waals surface area contributed by atoms with Gasteiger partial charge in [-0.2, -0.15) is 0 Å². The van der Waals surface area contributed by atoms with E-state index >= 15 is 0 Å². The van der Waals surface area contributed by atoms with E-state index in [9.17, 15) is 5.11 Å². The lowest BCUT2D eigenvalue weighted by molar-refractivity contribution is -0.00348. The normalized spacial score (nSPS) is 25.8. The molecule has 1 aromatic carbocycles. The molecule has 1 saturated carbocycles. The van der Waals surface area contributed by atoms with Crippen molar-refractivity contribution in [1.82, 2.24) is 5.32 Å². The number of hydrogen-bond donors (Lipinski definition) is 2. The number of methoxy groups -OCH3 is 1. The number of aliphatic hydroxyl groups is 1. The van der Waals surface area contributed by atoms with E-state index in [0.717, 1.165) is 54.4 Å². The number of rotatable bonds is 6. The van der Waals surface area contributed by atoms with Crippen molar-refractivity contribution in [2.24, 2.45) is 0 Å². The van der Waals surface area contributed by atoms with Gasteiger partial charge >= 0.3 is 0 Å². The van der Waals surface area contributed by atoms with Crippen LogP contribution in [0.25, 0.3) is 0 Å². The molecule has 0 amide bonds. The van der Waals surface area contributed by atoms with E-state index < -0.39 is 5.60 Å². The van der Waals surface area contributed by atoms with Gasteiger partial charge in [0.2, 0.25) is 0 Å². The lowest BCUT2D eigenvalue weighted by atomic mass is 9.78. The van der Waals surface area contributed by atoms with Gasteiger partial charge in [0.05, 0.1) is 12.7 Å². The Bertz CT molecular complexity index is 456. The van der Waals surface area contributed by atoms with Crippen molar-refractivity contribution < 1.29 is 9.84 Å². The van der Waals surface area contributed by atoms with Crippen molar-refractivity contribution in [3.8, 4) is 5.75 Å². The highest BCUT2D eigenvalue weighted by Crippen LogP contribution is 2.34. The lowest BCUT2D eigenvalue weighted by Crippen LogP contribution is -2.42. The molecule has 0 bridgehead atoms. The van der Waals surface area contributed by atoms with Crippen molar-refractivity contribution in [2.75, 3.05) is 13.7 Å². The quantitative estimate of drug-likeness (QED) is 0.817. The van der Waals surface area contributed by atoms with E-state index in [1.54, 1.807) is 7.11 Å². The van der Waals surface area contributed by atoms with Crippen LogP contribution in [-0.2, 0) is 6.42 Å². The molecule has 0 aliphatic heterocycles. The van der Waals surface area contributed by atoms with Gasteiger partial charge in [0.1, 0.15) is 5.75 Å². The van der Waals surface area contributed by atoms with E-state index in [-0.39, 0.29) is 0 Å². The smallest absolute Gasteiger partial charge is 0.122 e. The standard InChI is InChI=1S/C17H26BrNO2/c1-3-10-19-15-6-8-17(20,9-7-15)12-13-11-14(18)4-5-16(13)21-2/h4-5,11,15,19-20H,3,6-10,12H2,1-2H3. The number of ether oxygens (including phenoxy) is 1. The van der Waals surface area contributed by atoms with E-state index in [1.807, 2.05) is 12.1 Å². The largest absolute Gasteiger partial charge is 0.496 e. The second kappa shape index (κ2) is 7.61. The topological polar surface area (TPSA) is 41.5 Å². The minimum Gasteiger partial charge on any atom is -0.496 e. The van der Waals surface area contributed by atoms with Gasteiger partial charge in [-0.1, -0.05) is 22.9 Å². The van der Waals surface area contributed by atoms with E-state index in [0.29, 0.717) is 12.5 Å². The molecule has 1 fully saturated rings. The van der Waals surface area contributed by atoms with Crippen LogP contribution in [0.2, 0.25) is 0 Å². The first kappa shape index (κ1) is 16.8. The third-order valence-electron chi connectivity index (χ3n) is 4.36. The Morgan fingerprint density at radius 2 is 2.10 bits per heavy atom. The van der Waals surface area contributed by atoms with Crippen LogP contribution >= 0.6 is 15.9 Å². The third kappa shape index (κ3) is 4.70. The lowest BCUT2D eigenvalue weighted by Gasteiger charge is -2.37. The molecule has 2 N–H and O–H groups in total. The first-order valence-electron chi connectivity index (χ1n) is 7.84. The van der Waals surface area contributed by atoms with Crippen LogP contribution in [0.4, 0.5) is 0 Å². The molecular weight excluding hydrogens is 330 g/mol. The summed E-state index contributed by atoms with van der Waals surface area (Å²) in [7, 11) is 1.68. The molecule has 1 aromatic rings. The summed E-state index contributed by atoms with van der Waals surface area (Å²) in [6.45, 7) is 3.26. The zero-order chi connectivity index (χ0) is 15.3. The minimum absolute atomic E-state index is 0.564. The molecule has 0 saturated heterocycles. The average Bonchev–Trinajstić information content (AvgIpc) is 2.47. The maximum Gasteiger partial charge on any atom is 0.122 e. The fraction of sp³-hybridized carbons (Fsp3) is 0.647. The summed E-state index contributed by atoms with van der Waals surface area (Å²) in [5.41, 5.74) is 0.479. The molecule has 0 aromatic heterocycles. The Hall–Kier alpha value is -0.580. The van der Waals surface area contributed by atoms with Crippen LogP contribution in [0.1, 0.15) is 44.6 Å². The first-order valence-corrected chi connectivity index (χ1v) is 8.64. The molecule has 118 valence electrons. The SMILES string of the molecule is CCCNC1CCC(O)(Cc2cc(Br)ccc2OC)CC1. The highest BCUT2D eigenvalue weighted by atomic mass is 79.9. The monoisotopic (exact) mass is 355 g/mol. The summed E-state index contributed by atoms with van der Waals surface area (Å²) in [5, 5.41) is 14.4. The third-order valence-corrected chi connectivity index (χ3v) is 4.85. The summed E-state index contributed by atoms with van der Waals surface area (Å²) < 4.78 is 6.44. The summed E-state index contributed by atoms with van der Waals surface area (Å²) in [6, 6.07) is 6.54. The van der Waals surface area contributed by atoms with Crippen LogP contribution in [0.5, 0.6) is 5.75 Å². The van der Waals surface area contributed by atoms with Crippen molar-refractivity contribution >= 4 is 15.9 Å². The Morgan fingerprint density at radius 3 is 2.71 bits per heavy atom. The fourth-order valence-corrected chi connectivity index (χ4v) is 3.53. The van der Waals surface area contributed by atoms with Gasteiger partial charge in [0, 0.05) is 16.9 Å². The van der Waals surface area contributed by atoms with Gasteiger partial charge in [-0.05, 0) is 62.4 Å². The number of hydrogen-bond acceptors (Lipinski definition) is 3. The predicted octanol–water partition coefficient (Wildman–Crippen LogP) is 3.67.